The highest BCUT2D eigenvalue weighted by atomic mass is 127. The summed E-state index contributed by atoms with van der Waals surface area (Å²) in [5.74, 6) is 0. The molecule has 0 saturated carbocycles. The van der Waals surface area contributed by atoms with Crippen LogP contribution in [0.3, 0.4) is 0 Å². The van der Waals surface area contributed by atoms with Gasteiger partial charge in [-0.1, -0.05) is 76.7 Å². The van der Waals surface area contributed by atoms with Gasteiger partial charge in [-0.05, 0) is 12.8 Å². The Bertz CT molecular complexity index is 150. The van der Waals surface area contributed by atoms with E-state index < -0.39 is 0 Å². The summed E-state index contributed by atoms with van der Waals surface area (Å²) >= 11 is 6.03. The smallest absolute Gasteiger partial charge is 0.0267 e. The van der Waals surface area contributed by atoms with E-state index in [1.54, 1.807) is 0 Å². The molecular weight excluding hydrogens is 327 g/mol. The fraction of sp³-hybridized carbons (Fsp3) is 0.600. The molecule has 0 aromatic rings. The van der Waals surface area contributed by atoms with Gasteiger partial charge in [-0.2, -0.15) is 0 Å². The molecule has 0 N–H and O–H groups in total. The van der Waals surface area contributed by atoms with Crippen molar-refractivity contribution >= 4 is 38.5 Å². The van der Waals surface area contributed by atoms with E-state index in [1.165, 1.54) is 0 Å². The van der Waals surface area contributed by atoms with E-state index >= 15 is 0 Å². The van der Waals surface area contributed by atoms with E-state index in [0.717, 1.165) is 12.8 Å². The fourth-order valence-electron chi connectivity index (χ4n) is 0.689. The minimum Gasteiger partial charge on any atom is -0.0882 e. The Morgan fingerprint density at radius 2 is 1.92 bits per heavy atom. The molecular formula is C10H16BrI. The van der Waals surface area contributed by atoms with Crippen molar-refractivity contribution in [2.75, 3.05) is 0 Å². The summed E-state index contributed by atoms with van der Waals surface area (Å²) in [5, 5.41) is 0. The zero-order valence-electron chi connectivity index (χ0n) is 7.63. The summed E-state index contributed by atoms with van der Waals surface area (Å²) in [7, 11) is 0. The molecule has 0 aromatic heterocycles. The van der Waals surface area contributed by atoms with Gasteiger partial charge in [-0.3, -0.25) is 0 Å². The van der Waals surface area contributed by atoms with Gasteiger partial charge in [0, 0.05) is 8.75 Å². The summed E-state index contributed by atoms with van der Waals surface area (Å²) < 4.78 is 0.689. The van der Waals surface area contributed by atoms with Crippen LogP contribution in [0.5, 0.6) is 0 Å². The zero-order chi connectivity index (χ0) is 9.40. The maximum Gasteiger partial charge on any atom is 0.0267 e. The van der Waals surface area contributed by atoms with E-state index in [1.807, 2.05) is 0 Å². The zero-order valence-corrected chi connectivity index (χ0v) is 11.4. The highest BCUT2D eigenvalue weighted by molar-refractivity contribution is 14.1. The van der Waals surface area contributed by atoms with Crippen LogP contribution >= 0.6 is 38.5 Å². The lowest BCUT2D eigenvalue weighted by molar-refractivity contribution is 0.896. The van der Waals surface area contributed by atoms with Gasteiger partial charge in [-0.15, -0.1) is 0 Å². The van der Waals surface area contributed by atoms with Crippen molar-refractivity contribution in [3.8, 4) is 0 Å². The Kier molecular flexibility index (Phi) is 8.77. The molecule has 70 valence electrons. The van der Waals surface area contributed by atoms with Crippen LogP contribution in [0.1, 0.15) is 26.7 Å². The second kappa shape index (κ2) is 8.30. The Labute approximate surface area is 97.8 Å². The Morgan fingerprint density at radius 3 is 2.42 bits per heavy atom. The minimum atomic E-state index is 0.595. The van der Waals surface area contributed by atoms with Crippen molar-refractivity contribution in [1.29, 1.82) is 0 Å². The minimum absolute atomic E-state index is 0.595. The Hall–Kier alpha value is 0.690. The quantitative estimate of drug-likeness (QED) is 0.392. The highest BCUT2D eigenvalue weighted by Crippen LogP contribution is 2.17. The summed E-state index contributed by atoms with van der Waals surface area (Å²) in [5.41, 5.74) is 0. The van der Waals surface area contributed by atoms with Crippen LogP contribution in [0, 0.1) is 0 Å². The van der Waals surface area contributed by atoms with E-state index in [4.69, 9.17) is 0 Å². The number of rotatable bonds is 5. The van der Waals surface area contributed by atoms with Crippen LogP contribution in [0.15, 0.2) is 24.3 Å². The number of halogens is 2. The lowest BCUT2D eigenvalue weighted by Gasteiger charge is -2.07. The molecule has 0 nitrogen and oxygen atoms in total. The van der Waals surface area contributed by atoms with Crippen molar-refractivity contribution in [2.45, 2.75) is 35.4 Å². The van der Waals surface area contributed by atoms with E-state index in [0.29, 0.717) is 8.75 Å². The summed E-state index contributed by atoms with van der Waals surface area (Å²) in [6.07, 6.45) is 10.9. The molecule has 0 amide bonds. The molecule has 2 atom stereocenters. The largest absolute Gasteiger partial charge is 0.0882 e. The molecule has 0 fully saturated rings. The second-order valence-electron chi connectivity index (χ2n) is 2.69. The molecule has 0 aliphatic carbocycles. The first-order valence-electron chi connectivity index (χ1n) is 4.28. The van der Waals surface area contributed by atoms with Gasteiger partial charge in [0.05, 0.1) is 0 Å². The molecule has 0 spiro atoms. The van der Waals surface area contributed by atoms with Crippen LogP contribution in [0.25, 0.3) is 0 Å². The van der Waals surface area contributed by atoms with Gasteiger partial charge < -0.3 is 0 Å². The van der Waals surface area contributed by atoms with Crippen LogP contribution in [-0.4, -0.2) is 8.75 Å². The van der Waals surface area contributed by atoms with E-state index in [-0.39, 0.29) is 0 Å². The number of allylic oxidation sites excluding steroid dienone is 4. The molecule has 0 aliphatic rings. The van der Waals surface area contributed by atoms with Gasteiger partial charge in [0.15, 0.2) is 0 Å². The number of alkyl halides is 2. The van der Waals surface area contributed by atoms with Gasteiger partial charge >= 0.3 is 0 Å². The van der Waals surface area contributed by atoms with Crippen LogP contribution < -0.4 is 0 Å². The van der Waals surface area contributed by atoms with Crippen LogP contribution in [0.2, 0.25) is 0 Å². The average molecular weight is 343 g/mol. The lowest BCUT2D eigenvalue weighted by Crippen LogP contribution is -2.07. The third kappa shape index (κ3) is 7.35. The maximum atomic E-state index is 3.56. The SMILES string of the molecule is CC/C=C\C=C/CC(I)[C@@H](C)Br. The maximum absolute atomic E-state index is 3.56. The van der Waals surface area contributed by atoms with Gasteiger partial charge in [0.2, 0.25) is 0 Å². The molecule has 1 unspecified atom stereocenters. The standard InChI is InChI=1S/C10H16BrI/c1-3-4-5-6-7-8-10(12)9(2)11/h4-7,9-10H,3,8H2,1-2H3/b5-4-,7-6-/t9-,10?/m1/s1. The number of hydrogen-bond donors (Lipinski definition) is 0. The molecule has 0 heterocycles. The van der Waals surface area contributed by atoms with Crippen molar-refractivity contribution in [2.24, 2.45) is 0 Å². The van der Waals surface area contributed by atoms with Crippen LogP contribution in [0.4, 0.5) is 0 Å². The first-order chi connectivity index (χ1) is 5.68. The van der Waals surface area contributed by atoms with E-state index in [2.05, 4.69) is 76.7 Å². The van der Waals surface area contributed by atoms with Crippen molar-refractivity contribution in [3.05, 3.63) is 24.3 Å². The fourth-order valence-corrected chi connectivity index (χ4v) is 1.20. The van der Waals surface area contributed by atoms with E-state index in [9.17, 15) is 0 Å². The topological polar surface area (TPSA) is 0 Å². The Balaban J connectivity index is 3.53. The first kappa shape index (κ1) is 12.7. The Morgan fingerprint density at radius 1 is 1.33 bits per heavy atom. The van der Waals surface area contributed by atoms with Crippen molar-refractivity contribution < 1.29 is 0 Å². The molecule has 12 heavy (non-hydrogen) atoms. The summed E-state index contributed by atoms with van der Waals surface area (Å²) in [4.78, 5) is 0.595. The monoisotopic (exact) mass is 342 g/mol. The average Bonchev–Trinajstić information content (AvgIpc) is 2.03. The molecule has 2 heteroatoms. The molecule has 0 bridgehead atoms. The summed E-state index contributed by atoms with van der Waals surface area (Å²) in [6, 6.07) is 0. The van der Waals surface area contributed by atoms with Gasteiger partial charge in [-0.25, -0.2) is 0 Å². The van der Waals surface area contributed by atoms with Crippen LogP contribution in [-0.2, 0) is 0 Å². The molecule has 0 saturated heterocycles. The first-order valence-corrected chi connectivity index (χ1v) is 6.44. The number of hydrogen-bond acceptors (Lipinski definition) is 0. The summed E-state index contributed by atoms with van der Waals surface area (Å²) in [6.45, 7) is 4.33. The third-order valence-electron chi connectivity index (χ3n) is 1.48. The van der Waals surface area contributed by atoms with Gasteiger partial charge in [0.1, 0.15) is 0 Å². The normalized spacial score (nSPS) is 17.3. The lowest BCUT2D eigenvalue weighted by atomic mass is 10.2. The van der Waals surface area contributed by atoms with Crippen molar-refractivity contribution in [3.63, 3.8) is 0 Å². The second-order valence-corrected chi connectivity index (χ2v) is 5.74. The van der Waals surface area contributed by atoms with Crippen molar-refractivity contribution in [1.82, 2.24) is 0 Å². The molecule has 0 aliphatic heterocycles. The third-order valence-corrected chi connectivity index (χ3v) is 4.69. The molecule has 0 rings (SSSR count). The highest BCUT2D eigenvalue weighted by Gasteiger charge is 2.06. The van der Waals surface area contributed by atoms with Gasteiger partial charge in [0.25, 0.3) is 0 Å². The molecule has 0 radical (unpaired) electrons. The predicted octanol–water partition coefficient (Wildman–Crippen LogP) is 4.49. The predicted molar refractivity (Wildman–Crippen MR) is 69.4 cm³/mol. The molecule has 0 aromatic carbocycles.